The largest absolute Gasteiger partial charge is 0.391 e. The van der Waals surface area contributed by atoms with Crippen molar-refractivity contribution < 1.29 is 19.6 Å². The molecule has 1 aromatic rings. The van der Waals surface area contributed by atoms with Gasteiger partial charge in [0, 0.05) is 70.3 Å². The number of nitrogens with one attached hydrogen (secondary N) is 2. The molecule has 0 aliphatic carbocycles. The normalized spacial score (nSPS) is 21.4. The third-order valence-electron chi connectivity index (χ3n) is 5.33. The molecule has 160 valence electrons. The zero-order valence-corrected chi connectivity index (χ0v) is 17.0. The van der Waals surface area contributed by atoms with Crippen LogP contribution < -0.4 is 15.5 Å². The summed E-state index contributed by atoms with van der Waals surface area (Å²) in [5.74, 6) is -0.491. The van der Waals surface area contributed by atoms with Crippen LogP contribution in [-0.2, 0) is 4.79 Å². The highest BCUT2D eigenvalue weighted by molar-refractivity contribution is 5.95. The van der Waals surface area contributed by atoms with Crippen LogP contribution in [0.2, 0.25) is 0 Å². The van der Waals surface area contributed by atoms with Crippen molar-refractivity contribution in [1.82, 2.24) is 15.5 Å². The lowest BCUT2D eigenvalue weighted by atomic mass is 10.1. The van der Waals surface area contributed by atoms with Gasteiger partial charge >= 0.3 is 0 Å². The van der Waals surface area contributed by atoms with Crippen LogP contribution in [0.1, 0.15) is 17.3 Å². The summed E-state index contributed by atoms with van der Waals surface area (Å²) in [5.41, 5.74) is 0.518. The zero-order chi connectivity index (χ0) is 20.3. The summed E-state index contributed by atoms with van der Waals surface area (Å²) in [6.07, 6.45) is -0.509. The van der Waals surface area contributed by atoms with Crippen molar-refractivity contribution >= 4 is 35.6 Å². The quantitative estimate of drug-likeness (QED) is 0.445. The maximum absolute atomic E-state index is 12.4. The first kappa shape index (κ1) is 22.9. The highest BCUT2D eigenvalue weighted by Gasteiger charge is 2.27. The number of hydrogen-bond acceptors (Lipinski definition) is 7. The molecule has 2 atom stereocenters. The van der Waals surface area contributed by atoms with E-state index in [2.05, 4.69) is 10.6 Å². The van der Waals surface area contributed by atoms with Crippen LogP contribution in [0.15, 0.2) is 18.2 Å². The van der Waals surface area contributed by atoms with Crippen molar-refractivity contribution in [1.29, 1.82) is 0 Å². The van der Waals surface area contributed by atoms with Gasteiger partial charge < -0.3 is 25.5 Å². The van der Waals surface area contributed by atoms with E-state index in [0.717, 1.165) is 0 Å². The highest BCUT2D eigenvalue weighted by Crippen LogP contribution is 2.30. The van der Waals surface area contributed by atoms with Gasteiger partial charge in [-0.1, -0.05) is 0 Å². The lowest BCUT2D eigenvalue weighted by Gasteiger charge is -2.35. The Morgan fingerprint density at radius 1 is 1.28 bits per heavy atom. The molecule has 2 fully saturated rings. The first-order chi connectivity index (χ1) is 13.4. The maximum Gasteiger partial charge on any atom is 0.293 e. The monoisotopic (exact) mass is 427 g/mol. The number of amides is 2. The fourth-order valence-corrected chi connectivity index (χ4v) is 3.59. The van der Waals surface area contributed by atoms with E-state index >= 15 is 0 Å². The number of hydrogen-bond donors (Lipinski definition) is 3. The highest BCUT2D eigenvalue weighted by atomic mass is 35.5. The van der Waals surface area contributed by atoms with Gasteiger partial charge in [-0.25, -0.2) is 0 Å². The molecule has 3 N–H and O–H groups in total. The molecule has 3 rings (SSSR count). The fourth-order valence-electron chi connectivity index (χ4n) is 3.59. The molecule has 2 aliphatic rings. The van der Waals surface area contributed by atoms with Crippen LogP contribution in [0.25, 0.3) is 0 Å². The number of carbonyl (C=O) groups is 2. The molecule has 0 aromatic heterocycles. The minimum absolute atomic E-state index is 0. The van der Waals surface area contributed by atoms with Crippen LogP contribution in [0.5, 0.6) is 0 Å². The van der Waals surface area contributed by atoms with Gasteiger partial charge in [0.25, 0.3) is 11.6 Å². The van der Waals surface area contributed by atoms with E-state index in [1.165, 1.54) is 13.0 Å². The summed E-state index contributed by atoms with van der Waals surface area (Å²) in [6.45, 7) is 4.93. The van der Waals surface area contributed by atoms with E-state index in [1.807, 2.05) is 4.90 Å². The molecule has 2 saturated heterocycles. The number of β-amino-alcohol motifs (C(OH)–C–C–N with tert-alkyl or cyclic N) is 1. The molecule has 29 heavy (non-hydrogen) atoms. The molecule has 10 nitrogen and oxygen atoms in total. The third kappa shape index (κ3) is 5.34. The van der Waals surface area contributed by atoms with Gasteiger partial charge in [-0.05, 0) is 12.1 Å². The molecular formula is C18H26ClN5O5. The van der Waals surface area contributed by atoms with Gasteiger partial charge in [-0.3, -0.25) is 19.7 Å². The first-order valence-electron chi connectivity index (χ1n) is 9.32. The number of piperazine rings is 1. The predicted molar refractivity (Wildman–Crippen MR) is 110 cm³/mol. The summed E-state index contributed by atoms with van der Waals surface area (Å²) in [6, 6.07) is 4.44. The second-order valence-electron chi connectivity index (χ2n) is 7.15. The SMILES string of the molecule is CC(=O)N1CCN(c2ccc(C(=O)NCC3CNCC3O)cc2[N+](=O)[O-])CC1.Cl. The predicted octanol–water partition coefficient (Wildman–Crippen LogP) is -0.00480. The number of anilines is 1. The zero-order valence-electron chi connectivity index (χ0n) is 16.2. The summed E-state index contributed by atoms with van der Waals surface area (Å²) in [7, 11) is 0. The van der Waals surface area contributed by atoms with Crippen LogP contribution in [0.4, 0.5) is 11.4 Å². The number of halogens is 1. The summed E-state index contributed by atoms with van der Waals surface area (Å²) in [4.78, 5) is 38.5. The van der Waals surface area contributed by atoms with Crippen molar-refractivity contribution in [2.24, 2.45) is 5.92 Å². The number of carbonyl (C=O) groups excluding carboxylic acids is 2. The van der Waals surface area contributed by atoms with Crippen molar-refractivity contribution in [3.05, 3.63) is 33.9 Å². The van der Waals surface area contributed by atoms with Crippen LogP contribution in [-0.4, -0.2) is 78.7 Å². The molecule has 0 bridgehead atoms. The van der Waals surface area contributed by atoms with Gasteiger partial charge in [0.1, 0.15) is 5.69 Å². The van der Waals surface area contributed by atoms with Crippen LogP contribution >= 0.6 is 12.4 Å². The Labute approximate surface area is 174 Å². The van der Waals surface area contributed by atoms with Gasteiger partial charge in [-0.2, -0.15) is 0 Å². The molecule has 11 heteroatoms. The molecule has 2 aliphatic heterocycles. The van der Waals surface area contributed by atoms with Crippen molar-refractivity contribution in [2.75, 3.05) is 50.7 Å². The topological polar surface area (TPSA) is 128 Å². The molecule has 2 unspecified atom stereocenters. The van der Waals surface area contributed by atoms with Crippen LogP contribution in [0.3, 0.4) is 0 Å². The van der Waals surface area contributed by atoms with E-state index in [0.29, 0.717) is 51.5 Å². The summed E-state index contributed by atoms with van der Waals surface area (Å²) < 4.78 is 0. The van der Waals surface area contributed by atoms with E-state index in [-0.39, 0.29) is 35.5 Å². The van der Waals surface area contributed by atoms with Crippen molar-refractivity contribution in [2.45, 2.75) is 13.0 Å². The van der Waals surface area contributed by atoms with E-state index in [9.17, 15) is 24.8 Å². The van der Waals surface area contributed by atoms with E-state index in [1.54, 1.807) is 17.0 Å². The molecule has 2 amide bonds. The Morgan fingerprint density at radius 2 is 1.97 bits per heavy atom. The van der Waals surface area contributed by atoms with Crippen molar-refractivity contribution in [3.8, 4) is 0 Å². The molecule has 0 radical (unpaired) electrons. The first-order valence-corrected chi connectivity index (χ1v) is 9.32. The van der Waals surface area contributed by atoms with E-state index in [4.69, 9.17) is 0 Å². The fraction of sp³-hybridized carbons (Fsp3) is 0.556. The molecule has 1 aromatic carbocycles. The molecule has 2 heterocycles. The number of benzene rings is 1. The number of rotatable bonds is 5. The molecule has 0 saturated carbocycles. The standard InChI is InChI=1S/C18H25N5O5.ClH/c1-12(24)21-4-6-22(7-5-21)15-3-2-13(8-16(15)23(27)28)18(26)20-10-14-9-19-11-17(14)25;/h2-3,8,14,17,19,25H,4-7,9-11H2,1H3,(H,20,26);1H. The maximum atomic E-state index is 12.4. The Morgan fingerprint density at radius 3 is 2.52 bits per heavy atom. The van der Waals surface area contributed by atoms with Gasteiger partial charge in [0.05, 0.1) is 11.0 Å². The third-order valence-corrected chi connectivity index (χ3v) is 5.33. The number of aliphatic hydroxyl groups is 1. The Kier molecular flexibility index (Phi) is 7.77. The van der Waals surface area contributed by atoms with E-state index < -0.39 is 16.9 Å². The average Bonchev–Trinajstić information content (AvgIpc) is 3.10. The van der Waals surface area contributed by atoms with Crippen molar-refractivity contribution in [3.63, 3.8) is 0 Å². The second kappa shape index (κ2) is 9.86. The Bertz CT molecular complexity index is 769. The Hall–Kier alpha value is -2.43. The number of aliphatic hydroxyl groups excluding tert-OH is 1. The minimum atomic E-state index is -0.509. The smallest absolute Gasteiger partial charge is 0.293 e. The van der Waals surface area contributed by atoms with Gasteiger partial charge in [0.2, 0.25) is 5.91 Å². The Balaban J connectivity index is 0.00000300. The second-order valence-corrected chi connectivity index (χ2v) is 7.15. The average molecular weight is 428 g/mol. The summed E-state index contributed by atoms with van der Waals surface area (Å²) >= 11 is 0. The summed E-state index contributed by atoms with van der Waals surface area (Å²) in [5, 5.41) is 27.1. The number of nitrogens with zero attached hydrogens (tertiary/aromatic N) is 3. The van der Waals surface area contributed by atoms with Crippen LogP contribution in [0, 0.1) is 16.0 Å². The van der Waals surface area contributed by atoms with Gasteiger partial charge in [-0.15, -0.1) is 12.4 Å². The molecule has 0 spiro atoms. The molecular weight excluding hydrogens is 402 g/mol. The minimum Gasteiger partial charge on any atom is -0.391 e. The van der Waals surface area contributed by atoms with Gasteiger partial charge in [0.15, 0.2) is 0 Å². The number of nitro benzene ring substituents is 1. The lowest BCUT2D eigenvalue weighted by Crippen LogP contribution is -2.48. The number of nitro groups is 1. The lowest BCUT2D eigenvalue weighted by molar-refractivity contribution is -0.384.